The van der Waals surface area contributed by atoms with Crippen molar-refractivity contribution in [2.45, 2.75) is 19.6 Å². The van der Waals surface area contributed by atoms with Gasteiger partial charge in [-0.2, -0.15) is 4.73 Å². The average Bonchev–Trinajstić information content (AvgIpc) is 2.54. The number of amides is 1. The van der Waals surface area contributed by atoms with Crippen molar-refractivity contribution < 1.29 is 19.1 Å². The van der Waals surface area contributed by atoms with Crippen LogP contribution in [0.2, 0.25) is 0 Å². The van der Waals surface area contributed by atoms with Gasteiger partial charge in [-0.3, -0.25) is 4.79 Å². The molecule has 114 valence electrons. The predicted octanol–water partition coefficient (Wildman–Crippen LogP) is 1.18. The first-order valence-electron chi connectivity index (χ1n) is 6.77. The highest BCUT2D eigenvalue weighted by molar-refractivity contribution is 5.91. The monoisotopic (exact) mass is 300 g/mol. The molecule has 0 bridgehead atoms. The highest BCUT2D eigenvalue weighted by Gasteiger charge is 2.19. The number of esters is 1. The van der Waals surface area contributed by atoms with Crippen molar-refractivity contribution in [1.29, 1.82) is 0 Å². The second-order valence-corrected chi connectivity index (χ2v) is 4.70. The molecular formula is C16H16N2O4. The fraction of sp³-hybridized carbons (Fsp3) is 0.188. The molecule has 0 radical (unpaired) electrons. The Hall–Kier alpha value is -2.89. The molecule has 2 aromatic rings. The van der Waals surface area contributed by atoms with Crippen molar-refractivity contribution in [2.75, 3.05) is 0 Å². The molecule has 1 amide bonds. The van der Waals surface area contributed by atoms with E-state index in [4.69, 9.17) is 4.74 Å². The number of carbonyl (C=O) groups excluding carboxylic acids is 2. The van der Waals surface area contributed by atoms with Crippen LogP contribution in [0.1, 0.15) is 22.8 Å². The lowest BCUT2D eigenvalue weighted by Crippen LogP contribution is -2.35. The van der Waals surface area contributed by atoms with Gasteiger partial charge in [0.1, 0.15) is 0 Å². The van der Waals surface area contributed by atoms with Gasteiger partial charge in [-0.1, -0.05) is 30.3 Å². The lowest BCUT2D eigenvalue weighted by atomic mass is 10.2. The van der Waals surface area contributed by atoms with Crippen LogP contribution >= 0.6 is 0 Å². The minimum Gasteiger partial charge on any atom is -0.619 e. The van der Waals surface area contributed by atoms with Crippen LogP contribution < -0.4 is 10.0 Å². The molecule has 0 aliphatic carbocycles. The summed E-state index contributed by atoms with van der Waals surface area (Å²) in [6, 6.07) is 12.1. The van der Waals surface area contributed by atoms with Gasteiger partial charge in [-0.05, 0) is 12.5 Å². The number of pyridine rings is 1. The lowest BCUT2D eigenvalue weighted by Gasteiger charge is -2.13. The molecule has 0 saturated carbocycles. The molecule has 0 fully saturated rings. The van der Waals surface area contributed by atoms with Gasteiger partial charge in [0.25, 0.3) is 5.91 Å². The van der Waals surface area contributed by atoms with Crippen LogP contribution in [0, 0.1) is 5.21 Å². The molecule has 1 aromatic heterocycles. The predicted molar refractivity (Wildman–Crippen MR) is 78.6 cm³/mol. The third-order valence-corrected chi connectivity index (χ3v) is 3.00. The Kier molecular flexibility index (Phi) is 5.08. The standard InChI is InChI=1S/C16H16N2O4/c1-12(15(19)17-11-13-5-3-2-4-6-13)22-16(20)14-7-9-18(21)10-8-14/h2-10,12H,11H2,1H3,(H,17,19). The molecule has 0 saturated heterocycles. The van der Waals surface area contributed by atoms with E-state index in [1.807, 2.05) is 30.3 Å². The van der Waals surface area contributed by atoms with E-state index in [9.17, 15) is 14.8 Å². The topological polar surface area (TPSA) is 82.3 Å². The van der Waals surface area contributed by atoms with E-state index < -0.39 is 12.1 Å². The first kappa shape index (κ1) is 15.5. The quantitative estimate of drug-likeness (QED) is 0.511. The number of hydrogen-bond acceptors (Lipinski definition) is 4. The molecule has 1 N–H and O–H groups in total. The number of aromatic nitrogens is 1. The fourth-order valence-electron chi connectivity index (χ4n) is 1.76. The molecule has 6 heteroatoms. The Labute approximate surface area is 127 Å². The zero-order chi connectivity index (χ0) is 15.9. The van der Waals surface area contributed by atoms with Crippen LogP contribution in [-0.2, 0) is 16.1 Å². The first-order chi connectivity index (χ1) is 10.6. The Morgan fingerprint density at radius 1 is 1.18 bits per heavy atom. The van der Waals surface area contributed by atoms with Crippen LogP contribution in [-0.4, -0.2) is 18.0 Å². The van der Waals surface area contributed by atoms with Crippen LogP contribution in [0.25, 0.3) is 0 Å². The van der Waals surface area contributed by atoms with Crippen LogP contribution in [0.3, 0.4) is 0 Å². The van der Waals surface area contributed by atoms with Crippen molar-refractivity contribution >= 4 is 11.9 Å². The molecule has 22 heavy (non-hydrogen) atoms. The van der Waals surface area contributed by atoms with Crippen molar-refractivity contribution in [1.82, 2.24) is 5.32 Å². The normalized spacial score (nSPS) is 11.5. The van der Waals surface area contributed by atoms with Crippen molar-refractivity contribution in [3.63, 3.8) is 0 Å². The summed E-state index contributed by atoms with van der Waals surface area (Å²) in [4.78, 5) is 23.7. The summed E-state index contributed by atoms with van der Waals surface area (Å²) in [5, 5.41) is 13.6. The van der Waals surface area contributed by atoms with Crippen LogP contribution in [0.15, 0.2) is 54.9 Å². The Morgan fingerprint density at radius 3 is 2.45 bits per heavy atom. The van der Waals surface area contributed by atoms with E-state index in [2.05, 4.69) is 5.32 Å². The van der Waals surface area contributed by atoms with E-state index in [0.717, 1.165) is 5.56 Å². The smallest absolute Gasteiger partial charge is 0.339 e. The summed E-state index contributed by atoms with van der Waals surface area (Å²) in [5.74, 6) is -1.03. The molecular weight excluding hydrogens is 284 g/mol. The van der Waals surface area contributed by atoms with Crippen LogP contribution in [0.4, 0.5) is 0 Å². The maximum Gasteiger partial charge on any atom is 0.339 e. The molecule has 0 spiro atoms. The largest absolute Gasteiger partial charge is 0.619 e. The number of ether oxygens (including phenoxy) is 1. The molecule has 1 atom stereocenters. The second-order valence-electron chi connectivity index (χ2n) is 4.70. The zero-order valence-electron chi connectivity index (χ0n) is 12.1. The molecule has 6 nitrogen and oxygen atoms in total. The number of nitrogens with one attached hydrogen (secondary N) is 1. The van der Waals surface area contributed by atoms with E-state index in [-0.39, 0.29) is 11.5 Å². The summed E-state index contributed by atoms with van der Waals surface area (Å²) in [6.45, 7) is 1.86. The Bertz CT molecular complexity index is 641. The van der Waals surface area contributed by atoms with Crippen molar-refractivity contribution in [3.05, 3.63) is 71.2 Å². The lowest BCUT2D eigenvalue weighted by molar-refractivity contribution is -0.605. The number of nitrogens with zero attached hydrogens (tertiary/aromatic N) is 1. The first-order valence-corrected chi connectivity index (χ1v) is 6.77. The summed E-state index contributed by atoms with van der Waals surface area (Å²) >= 11 is 0. The molecule has 0 aliphatic rings. The molecule has 0 aliphatic heterocycles. The molecule has 1 heterocycles. The third kappa shape index (κ3) is 4.31. The number of rotatable bonds is 5. The van der Waals surface area contributed by atoms with Crippen LogP contribution in [0.5, 0.6) is 0 Å². The van der Waals surface area contributed by atoms with Gasteiger partial charge in [0.15, 0.2) is 18.5 Å². The maximum atomic E-state index is 11.9. The Morgan fingerprint density at radius 2 is 1.82 bits per heavy atom. The van der Waals surface area contributed by atoms with E-state index in [1.54, 1.807) is 0 Å². The summed E-state index contributed by atoms with van der Waals surface area (Å²) in [5.41, 5.74) is 1.17. The molecule has 1 aromatic carbocycles. The van der Waals surface area contributed by atoms with E-state index in [0.29, 0.717) is 11.3 Å². The van der Waals surface area contributed by atoms with Gasteiger partial charge in [0.2, 0.25) is 0 Å². The SMILES string of the molecule is CC(OC(=O)c1cc[n+]([O-])cc1)C(=O)NCc1ccccc1. The highest BCUT2D eigenvalue weighted by atomic mass is 16.5. The maximum absolute atomic E-state index is 11.9. The fourth-order valence-corrected chi connectivity index (χ4v) is 1.76. The van der Waals surface area contributed by atoms with E-state index in [1.165, 1.54) is 31.5 Å². The number of hydrogen-bond donors (Lipinski definition) is 1. The summed E-state index contributed by atoms with van der Waals surface area (Å²) < 4.78 is 5.63. The van der Waals surface area contributed by atoms with Gasteiger partial charge < -0.3 is 15.3 Å². The minimum atomic E-state index is -0.921. The molecule has 1 unspecified atom stereocenters. The average molecular weight is 300 g/mol. The summed E-state index contributed by atoms with van der Waals surface area (Å²) in [7, 11) is 0. The number of carbonyl (C=O) groups is 2. The highest BCUT2D eigenvalue weighted by Crippen LogP contribution is 2.03. The van der Waals surface area contributed by atoms with Crippen molar-refractivity contribution in [2.24, 2.45) is 0 Å². The minimum absolute atomic E-state index is 0.217. The van der Waals surface area contributed by atoms with Gasteiger partial charge in [0.05, 0.1) is 5.56 Å². The van der Waals surface area contributed by atoms with Gasteiger partial charge in [-0.15, -0.1) is 0 Å². The molecule has 2 rings (SSSR count). The van der Waals surface area contributed by atoms with Gasteiger partial charge in [0, 0.05) is 18.7 Å². The number of benzene rings is 1. The summed E-state index contributed by atoms with van der Waals surface area (Å²) in [6.07, 6.45) is 1.46. The second kappa shape index (κ2) is 7.21. The zero-order valence-corrected chi connectivity index (χ0v) is 12.1. The van der Waals surface area contributed by atoms with Gasteiger partial charge in [-0.25, -0.2) is 4.79 Å². The van der Waals surface area contributed by atoms with Gasteiger partial charge >= 0.3 is 5.97 Å². The van der Waals surface area contributed by atoms with Crippen molar-refractivity contribution in [3.8, 4) is 0 Å². The Balaban J connectivity index is 1.85. The van der Waals surface area contributed by atoms with E-state index >= 15 is 0 Å². The third-order valence-electron chi connectivity index (χ3n) is 3.00.